The van der Waals surface area contributed by atoms with Gasteiger partial charge in [0.1, 0.15) is 0 Å². The molecular formula is C58H32N4. The smallest absolute Gasteiger partial charge is 0.0714 e. The summed E-state index contributed by atoms with van der Waals surface area (Å²) in [7, 11) is 0. The molecule has 0 aliphatic rings. The van der Waals surface area contributed by atoms with Gasteiger partial charge in [0, 0.05) is 68.6 Å². The van der Waals surface area contributed by atoms with Crippen molar-refractivity contribution in [3.8, 4) is 45.0 Å². The molecule has 14 aromatic rings. The molecule has 0 saturated heterocycles. The van der Waals surface area contributed by atoms with E-state index in [1.807, 2.05) is 49.1 Å². The maximum absolute atomic E-state index is 5.04. The van der Waals surface area contributed by atoms with Crippen molar-refractivity contribution in [1.29, 1.82) is 0 Å². The van der Waals surface area contributed by atoms with Crippen LogP contribution in [0.5, 0.6) is 0 Å². The van der Waals surface area contributed by atoms with Crippen LogP contribution in [-0.2, 0) is 0 Å². The lowest BCUT2D eigenvalue weighted by atomic mass is 9.89. The molecule has 10 aromatic carbocycles. The summed E-state index contributed by atoms with van der Waals surface area (Å²) < 4.78 is 0. The van der Waals surface area contributed by atoms with Gasteiger partial charge < -0.3 is 0 Å². The first-order chi connectivity index (χ1) is 30.8. The summed E-state index contributed by atoms with van der Waals surface area (Å²) in [6.45, 7) is 0. The van der Waals surface area contributed by atoms with Crippen LogP contribution in [0.2, 0.25) is 0 Å². The van der Waals surface area contributed by atoms with Crippen LogP contribution in [-0.4, -0.2) is 19.9 Å². The Morgan fingerprint density at radius 3 is 0.774 bits per heavy atom. The summed E-state index contributed by atoms with van der Waals surface area (Å²) in [6.07, 6.45) is 7.63. The van der Waals surface area contributed by atoms with Gasteiger partial charge in [0.15, 0.2) is 0 Å². The van der Waals surface area contributed by atoms with E-state index < -0.39 is 0 Å². The second-order valence-electron chi connectivity index (χ2n) is 16.4. The van der Waals surface area contributed by atoms with Gasteiger partial charge in [-0.15, -0.1) is 0 Å². The molecule has 4 heterocycles. The van der Waals surface area contributed by atoms with E-state index in [-0.39, 0.29) is 0 Å². The van der Waals surface area contributed by atoms with Gasteiger partial charge in [-0.3, -0.25) is 19.9 Å². The Kier molecular flexibility index (Phi) is 6.80. The van der Waals surface area contributed by atoms with Gasteiger partial charge >= 0.3 is 0 Å². The minimum Gasteiger partial charge on any atom is -0.256 e. The Hall–Kier alpha value is -8.34. The molecule has 0 radical (unpaired) electrons. The molecule has 4 nitrogen and oxygen atoms in total. The van der Waals surface area contributed by atoms with Crippen molar-refractivity contribution >= 4 is 97.0 Å². The topological polar surface area (TPSA) is 51.6 Å². The molecule has 284 valence electrons. The number of hydrogen-bond donors (Lipinski definition) is 0. The van der Waals surface area contributed by atoms with Crippen molar-refractivity contribution in [2.45, 2.75) is 0 Å². The Morgan fingerprint density at radius 1 is 0.194 bits per heavy atom. The monoisotopic (exact) mass is 784 g/mol. The van der Waals surface area contributed by atoms with Crippen LogP contribution >= 0.6 is 0 Å². The molecule has 4 heteroatoms. The highest BCUT2D eigenvalue weighted by atomic mass is 14.7. The van der Waals surface area contributed by atoms with Crippen molar-refractivity contribution < 1.29 is 0 Å². The predicted octanol–water partition coefficient (Wildman–Crippen LogP) is 15.2. The zero-order chi connectivity index (χ0) is 40.5. The highest BCUT2D eigenvalue weighted by molar-refractivity contribution is 6.46. The first kappa shape index (κ1) is 33.5. The van der Waals surface area contributed by atoms with Crippen molar-refractivity contribution in [3.63, 3.8) is 0 Å². The second-order valence-corrected chi connectivity index (χ2v) is 16.4. The molecule has 14 rings (SSSR count). The number of nitrogens with zero attached hydrogens (tertiary/aromatic N) is 4. The van der Waals surface area contributed by atoms with Crippen LogP contribution in [0.15, 0.2) is 195 Å². The van der Waals surface area contributed by atoms with E-state index in [0.717, 1.165) is 45.0 Å². The third-order valence-corrected chi connectivity index (χ3v) is 13.3. The van der Waals surface area contributed by atoms with E-state index in [9.17, 15) is 0 Å². The highest BCUT2D eigenvalue weighted by Gasteiger charge is 2.28. The minimum absolute atomic E-state index is 0.959. The van der Waals surface area contributed by atoms with Crippen LogP contribution in [0, 0.1) is 0 Å². The molecule has 0 aliphatic carbocycles. The van der Waals surface area contributed by atoms with Crippen molar-refractivity contribution in [2.24, 2.45) is 0 Å². The van der Waals surface area contributed by atoms with E-state index in [4.69, 9.17) is 19.9 Å². The Morgan fingerprint density at radius 2 is 0.468 bits per heavy atom. The standard InChI is InChI=1S/C58H32N4/c1-3-17-35-33(15-1)51(45-23-5-9-27-59-45)55-39-21-13-19-37-42-32-44-50-38(41(42)31-43(49(37)39)57(55)53(35)47-25-7-11-29-61-47)20-14-22-40(50)56-52(46-24-6-10-28-60-46)34-16-2-4-18-36(34)54(58(44)56)48-26-8-12-30-62-48/h1-32H. The number of pyridine rings is 4. The summed E-state index contributed by atoms with van der Waals surface area (Å²) in [5, 5.41) is 21.9. The van der Waals surface area contributed by atoms with Crippen molar-refractivity contribution in [3.05, 3.63) is 195 Å². The summed E-state index contributed by atoms with van der Waals surface area (Å²) in [4.78, 5) is 20.1. The van der Waals surface area contributed by atoms with Gasteiger partial charge in [-0.1, -0.05) is 109 Å². The summed E-state index contributed by atoms with van der Waals surface area (Å²) in [6, 6.07) is 61.3. The summed E-state index contributed by atoms with van der Waals surface area (Å²) in [5.74, 6) is 0. The fourth-order valence-electron chi connectivity index (χ4n) is 11.0. The quantitative estimate of drug-likeness (QED) is 0.167. The predicted molar refractivity (Wildman–Crippen MR) is 259 cm³/mol. The fraction of sp³-hybridized carbons (Fsp3) is 0. The lowest BCUT2D eigenvalue weighted by Gasteiger charge is -2.15. The first-order valence-electron chi connectivity index (χ1n) is 21.1. The molecule has 0 saturated carbocycles. The summed E-state index contributed by atoms with van der Waals surface area (Å²) >= 11 is 0. The van der Waals surface area contributed by atoms with Crippen LogP contribution in [0.1, 0.15) is 0 Å². The summed E-state index contributed by atoms with van der Waals surface area (Å²) in [5.41, 5.74) is 8.45. The van der Waals surface area contributed by atoms with Crippen molar-refractivity contribution in [2.75, 3.05) is 0 Å². The maximum atomic E-state index is 5.04. The Balaban J connectivity index is 1.24. The van der Waals surface area contributed by atoms with E-state index in [1.165, 1.54) is 97.0 Å². The van der Waals surface area contributed by atoms with Gasteiger partial charge in [-0.05, 0) is 136 Å². The van der Waals surface area contributed by atoms with Crippen LogP contribution in [0.25, 0.3) is 142 Å². The average molecular weight is 785 g/mol. The minimum atomic E-state index is 0.959. The Bertz CT molecular complexity index is 3840. The molecule has 0 amide bonds. The number of benzene rings is 8. The van der Waals surface area contributed by atoms with Crippen molar-refractivity contribution in [1.82, 2.24) is 19.9 Å². The molecule has 0 atom stereocenters. The van der Waals surface area contributed by atoms with E-state index in [0.29, 0.717) is 0 Å². The largest absolute Gasteiger partial charge is 0.256 e. The lowest BCUT2D eigenvalue weighted by molar-refractivity contribution is 1.33. The molecule has 4 aromatic heterocycles. The van der Waals surface area contributed by atoms with Gasteiger partial charge in [0.2, 0.25) is 0 Å². The zero-order valence-electron chi connectivity index (χ0n) is 33.3. The molecule has 0 spiro atoms. The number of aromatic nitrogens is 4. The third-order valence-electron chi connectivity index (χ3n) is 13.3. The van der Waals surface area contributed by atoms with E-state index >= 15 is 0 Å². The van der Waals surface area contributed by atoms with E-state index in [2.05, 4.69) is 146 Å². The molecule has 0 aliphatic heterocycles. The number of fused-ring (bicyclic) bond motifs is 11. The van der Waals surface area contributed by atoms with Gasteiger partial charge in [-0.25, -0.2) is 0 Å². The van der Waals surface area contributed by atoms with E-state index in [1.54, 1.807) is 0 Å². The molecule has 0 N–H and O–H groups in total. The third kappa shape index (κ3) is 4.40. The van der Waals surface area contributed by atoms with Gasteiger partial charge in [0.25, 0.3) is 0 Å². The second kappa shape index (κ2) is 12.6. The molecule has 62 heavy (non-hydrogen) atoms. The van der Waals surface area contributed by atoms with Gasteiger partial charge in [0.05, 0.1) is 22.8 Å². The fourth-order valence-corrected chi connectivity index (χ4v) is 11.0. The molecular weight excluding hydrogens is 753 g/mol. The molecule has 0 bridgehead atoms. The molecule has 0 fully saturated rings. The number of rotatable bonds is 4. The highest BCUT2D eigenvalue weighted by Crippen LogP contribution is 2.55. The Labute approximate surface area is 355 Å². The van der Waals surface area contributed by atoms with Crippen LogP contribution in [0.3, 0.4) is 0 Å². The SMILES string of the molecule is c1ccc(-c2c3ccccc3c(-c3ccccn3)c3c4cc5c(cc6c7c(-c8ccccn8)c8ccccc8c(-c8ccccn8)c7c7cccc5c76)c5cccc(c23)c54)nc1. The average Bonchev–Trinajstić information content (AvgIpc) is 3.84. The molecule has 0 unspecified atom stereocenters. The van der Waals surface area contributed by atoms with Crippen LogP contribution < -0.4 is 0 Å². The first-order valence-corrected chi connectivity index (χ1v) is 21.1. The zero-order valence-corrected chi connectivity index (χ0v) is 33.3. The normalized spacial score (nSPS) is 12.2. The number of hydrogen-bond acceptors (Lipinski definition) is 4. The lowest BCUT2D eigenvalue weighted by Crippen LogP contribution is -1.92. The van der Waals surface area contributed by atoms with Gasteiger partial charge in [-0.2, -0.15) is 0 Å². The van der Waals surface area contributed by atoms with Crippen LogP contribution in [0.4, 0.5) is 0 Å². The maximum Gasteiger partial charge on any atom is 0.0714 e.